The molecule has 4 aromatic heterocycles. The number of furan rings is 3. The summed E-state index contributed by atoms with van der Waals surface area (Å²) in [5.41, 5.74) is 16.6. The van der Waals surface area contributed by atoms with Gasteiger partial charge in [-0.05, 0) is 99.8 Å². The topological polar surface area (TPSA) is 45.9 Å². The van der Waals surface area contributed by atoms with Crippen molar-refractivity contribution in [1.82, 2.24) is 0 Å². The minimum atomic E-state index is -0.145. The zero-order valence-electron chi connectivity index (χ0n) is 45.8. The molecule has 5 nitrogen and oxygen atoms in total. The quantitative estimate of drug-likeness (QED) is 0.152. The van der Waals surface area contributed by atoms with E-state index in [-0.39, 0.29) is 10.8 Å². The first kappa shape index (κ1) is 49.0. The molecule has 392 valence electrons. The fourth-order valence-electron chi connectivity index (χ4n) is 12.2. The highest BCUT2D eigenvalue weighted by atomic mass is 35.5. The highest BCUT2D eigenvalue weighted by molar-refractivity contribution is 7.26. The smallest absolute Gasteiger partial charge is 0.160 e. The van der Waals surface area contributed by atoms with Gasteiger partial charge in [0.1, 0.15) is 27.9 Å². The Morgan fingerprint density at radius 2 is 0.790 bits per heavy atom. The molecule has 0 N–H and O–H groups in total. The zero-order chi connectivity index (χ0) is 54.9. The minimum absolute atomic E-state index is 0.134. The summed E-state index contributed by atoms with van der Waals surface area (Å²) >= 11 is 9.63. The molecule has 15 rings (SSSR count). The number of thiophene rings is 1. The van der Waals surface area contributed by atoms with E-state index < -0.39 is 0 Å². The second-order valence-electron chi connectivity index (χ2n) is 23.4. The summed E-state index contributed by atoms with van der Waals surface area (Å²) in [7, 11) is 0. The Labute approximate surface area is 478 Å². The lowest BCUT2D eigenvalue weighted by atomic mass is 9.84. The van der Waals surface area contributed by atoms with Crippen molar-refractivity contribution >= 4 is 143 Å². The van der Waals surface area contributed by atoms with E-state index >= 15 is 0 Å². The molecule has 0 radical (unpaired) electrons. The summed E-state index contributed by atoms with van der Waals surface area (Å²) in [5.74, 6) is 0. The Bertz CT molecular complexity index is 4680. The van der Waals surface area contributed by atoms with Crippen LogP contribution in [0.15, 0.2) is 238 Å². The fourth-order valence-corrected chi connectivity index (χ4v) is 13.7. The first-order valence-electron chi connectivity index (χ1n) is 27.7. The molecule has 0 atom stereocenters. The van der Waals surface area contributed by atoms with Crippen molar-refractivity contribution in [3.8, 4) is 22.3 Å². The summed E-state index contributed by atoms with van der Waals surface area (Å²) in [6.45, 7) is 13.7. The van der Waals surface area contributed by atoms with Gasteiger partial charge in [-0.3, -0.25) is 0 Å². The van der Waals surface area contributed by atoms with Crippen LogP contribution in [0.1, 0.15) is 52.7 Å². The molecule has 0 aliphatic carbocycles. The number of benzene rings is 11. The Kier molecular flexibility index (Phi) is 11.2. The fraction of sp³-hybridized carbons (Fsp3) is 0.108. The van der Waals surface area contributed by atoms with Crippen LogP contribution < -0.4 is 9.80 Å². The van der Waals surface area contributed by atoms with E-state index in [0.29, 0.717) is 5.02 Å². The largest absolute Gasteiger partial charge is 0.456 e. The van der Waals surface area contributed by atoms with Crippen LogP contribution in [0.4, 0.5) is 34.1 Å². The third-order valence-electron chi connectivity index (χ3n) is 16.2. The molecule has 0 unspecified atom stereocenters. The highest BCUT2D eigenvalue weighted by Gasteiger charge is 2.31. The number of anilines is 6. The van der Waals surface area contributed by atoms with Crippen LogP contribution in [-0.2, 0) is 10.8 Å². The zero-order valence-corrected chi connectivity index (χ0v) is 47.3. The first-order chi connectivity index (χ1) is 39.3. The van der Waals surface area contributed by atoms with E-state index in [1.54, 1.807) is 0 Å². The molecule has 0 bridgehead atoms. The third-order valence-corrected chi connectivity index (χ3v) is 17.6. The van der Waals surface area contributed by atoms with Crippen LogP contribution in [-0.4, -0.2) is 0 Å². The normalized spacial score (nSPS) is 12.4. The summed E-state index contributed by atoms with van der Waals surface area (Å²) < 4.78 is 23.4. The summed E-state index contributed by atoms with van der Waals surface area (Å²) in [4.78, 5) is 4.77. The monoisotopic (exact) mass is 1090 g/mol. The number of rotatable bonds is 8. The van der Waals surface area contributed by atoms with Gasteiger partial charge in [0, 0.05) is 87.4 Å². The predicted octanol–water partition coefficient (Wildman–Crippen LogP) is 23.3. The van der Waals surface area contributed by atoms with Gasteiger partial charge < -0.3 is 23.1 Å². The van der Waals surface area contributed by atoms with Crippen LogP contribution in [0.2, 0.25) is 5.02 Å². The van der Waals surface area contributed by atoms with Crippen LogP contribution in [0.3, 0.4) is 0 Å². The number of hydrogen-bond acceptors (Lipinski definition) is 6. The lowest BCUT2D eigenvalue weighted by Gasteiger charge is -2.33. The van der Waals surface area contributed by atoms with Gasteiger partial charge in [-0.1, -0.05) is 199 Å². The molecule has 0 saturated carbocycles. The molecule has 11 aromatic carbocycles. The average molecular weight is 1090 g/mol. The first-order valence-corrected chi connectivity index (χ1v) is 28.9. The molecule has 0 amide bonds. The number of hydrogen-bond donors (Lipinski definition) is 0. The summed E-state index contributed by atoms with van der Waals surface area (Å²) in [5, 5.41) is 9.13. The van der Waals surface area contributed by atoms with E-state index in [4.69, 9.17) is 24.9 Å². The van der Waals surface area contributed by atoms with Crippen LogP contribution in [0, 0.1) is 0 Å². The van der Waals surface area contributed by atoms with Gasteiger partial charge >= 0.3 is 0 Å². The van der Waals surface area contributed by atoms with Crippen molar-refractivity contribution in [2.75, 3.05) is 9.80 Å². The second kappa shape index (κ2) is 18.5. The maximum absolute atomic E-state index is 7.82. The summed E-state index contributed by atoms with van der Waals surface area (Å²) in [6, 6.07) is 80.0. The second-order valence-corrected chi connectivity index (χ2v) is 24.9. The molecular weight excluding hydrogens is 1030 g/mol. The molecule has 81 heavy (non-hydrogen) atoms. The molecule has 0 aliphatic rings. The van der Waals surface area contributed by atoms with E-state index in [1.165, 1.54) is 21.2 Å². The van der Waals surface area contributed by atoms with E-state index in [9.17, 15) is 0 Å². The van der Waals surface area contributed by atoms with Crippen molar-refractivity contribution in [2.24, 2.45) is 0 Å². The maximum atomic E-state index is 7.82. The lowest BCUT2D eigenvalue weighted by Crippen LogP contribution is -2.17. The van der Waals surface area contributed by atoms with Crippen molar-refractivity contribution in [1.29, 1.82) is 0 Å². The van der Waals surface area contributed by atoms with Crippen molar-refractivity contribution in [3.63, 3.8) is 0 Å². The Hall–Kier alpha value is -9.07. The molecule has 0 saturated heterocycles. The van der Waals surface area contributed by atoms with E-state index in [2.05, 4.69) is 252 Å². The number of para-hydroxylation sites is 3. The van der Waals surface area contributed by atoms with Crippen molar-refractivity contribution in [3.05, 3.63) is 241 Å². The van der Waals surface area contributed by atoms with Gasteiger partial charge in [0.25, 0.3) is 0 Å². The van der Waals surface area contributed by atoms with Gasteiger partial charge in [0.15, 0.2) is 5.58 Å². The van der Waals surface area contributed by atoms with Crippen molar-refractivity contribution < 1.29 is 13.3 Å². The molecule has 0 aliphatic heterocycles. The van der Waals surface area contributed by atoms with Crippen LogP contribution in [0.25, 0.3) is 108 Å². The molecular formula is C74H55ClN2O3S. The van der Waals surface area contributed by atoms with Crippen LogP contribution in [0.5, 0.6) is 0 Å². The molecule has 0 spiro atoms. The Balaban J connectivity index is 1.09. The van der Waals surface area contributed by atoms with Gasteiger partial charge in [-0.2, -0.15) is 0 Å². The maximum Gasteiger partial charge on any atom is 0.160 e. The van der Waals surface area contributed by atoms with Crippen LogP contribution >= 0.6 is 22.9 Å². The SMILES string of the molecule is CC(C)(C)c1ccc(N(c2cc(Cl)cc(N(c3ccc(C(C)(C)C)cc3-c3ccccc3)c3cc4oc5ccccc5c4c4c3sc3ccccc34)c2)c2cc3oc4ccccc4c3c3c2oc2ccccc23)c(-c2ccccc2)c1. The molecule has 4 heterocycles. The summed E-state index contributed by atoms with van der Waals surface area (Å²) in [6.07, 6.45) is 0. The number of halogens is 1. The van der Waals surface area contributed by atoms with Crippen molar-refractivity contribution in [2.45, 2.75) is 52.4 Å². The predicted molar refractivity (Wildman–Crippen MR) is 344 cm³/mol. The van der Waals surface area contributed by atoms with E-state index in [0.717, 1.165) is 132 Å². The Morgan fingerprint density at radius 1 is 0.358 bits per heavy atom. The lowest BCUT2D eigenvalue weighted by molar-refractivity contribution is 0.590. The Morgan fingerprint density at radius 3 is 1.32 bits per heavy atom. The molecule has 7 heteroatoms. The van der Waals surface area contributed by atoms with Gasteiger partial charge in [-0.15, -0.1) is 11.3 Å². The minimum Gasteiger partial charge on any atom is -0.456 e. The third kappa shape index (κ3) is 8.02. The van der Waals surface area contributed by atoms with Gasteiger partial charge in [0.05, 0.1) is 27.4 Å². The number of fused-ring (bicyclic) bond motifs is 14. The number of nitrogens with zero attached hydrogens (tertiary/aromatic N) is 2. The molecule has 15 aromatic rings. The molecule has 0 fully saturated rings. The highest BCUT2D eigenvalue weighted by Crippen LogP contribution is 2.55. The van der Waals surface area contributed by atoms with Gasteiger partial charge in [-0.25, -0.2) is 0 Å². The standard InChI is InChI=1S/C74H55ClN2O3S/c1-73(2,3)46-33-35-57(55(37-46)44-21-9-7-10-22-44)76(59-42-64-67(51-25-13-17-29-61(51)78-64)69-53-27-15-19-31-63(53)80-71(59)69)49-39-48(75)40-50(41-49)77(58-36-34-47(74(4,5)6)38-56(58)45-23-11-8-12-24-45)60-43-65-68(52-26-14-18-30-62(52)79-65)70-54-28-16-20-32-66(54)81-72(60)70/h7-43H,1-6H3. The van der Waals surface area contributed by atoms with E-state index in [1.807, 2.05) is 35.6 Å². The van der Waals surface area contributed by atoms with Gasteiger partial charge in [0.2, 0.25) is 0 Å². The average Bonchev–Trinajstić information content (AvgIpc) is 4.27.